The van der Waals surface area contributed by atoms with Crippen molar-refractivity contribution in [3.8, 4) is 0 Å². The van der Waals surface area contributed by atoms with Gasteiger partial charge in [-0.3, -0.25) is 0 Å². The van der Waals surface area contributed by atoms with E-state index in [1.165, 1.54) is 23.3 Å². The molecule has 2 N–H and O–H groups in total. The molecular formula is C22H27FN2O3. The van der Waals surface area contributed by atoms with Crippen molar-refractivity contribution in [2.24, 2.45) is 0 Å². The quantitative estimate of drug-likeness (QED) is 0.833. The summed E-state index contributed by atoms with van der Waals surface area (Å²) in [6, 6.07) is 16.2. The number of hydrogen-bond acceptors (Lipinski definition) is 4. The van der Waals surface area contributed by atoms with E-state index in [-0.39, 0.29) is 24.1 Å². The third kappa shape index (κ3) is 6.04. The average Bonchev–Trinajstić information content (AvgIpc) is 2.73. The predicted octanol–water partition coefficient (Wildman–Crippen LogP) is 3.12. The number of fused-ring (bicyclic) bond motifs is 1. The maximum atomic E-state index is 12.1. The fourth-order valence-corrected chi connectivity index (χ4v) is 3.44. The molecule has 0 aliphatic carbocycles. The van der Waals surface area contributed by atoms with Crippen molar-refractivity contribution in [1.82, 2.24) is 10.2 Å². The van der Waals surface area contributed by atoms with Crippen LogP contribution in [0.25, 0.3) is 0 Å². The number of aliphatic hydroxyl groups is 1. The van der Waals surface area contributed by atoms with E-state index in [0.717, 1.165) is 19.4 Å². The van der Waals surface area contributed by atoms with Gasteiger partial charge in [0.15, 0.2) is 0 Å². The summed E-state index contributed by atoms with van der Waals surface area (Å²) in [5.74, 6) is -0.178. The lowest BCUT2D eigenvalue weighted by Gasteiger charge is -2.30. The number of nitrogens with zero attached hydrogens (tertiary/aromatic N) is 1. The number of carbonyl (C=O) groups is 1. The minimum absolute atomic E-state index is 0.0646. The zero-order valence-electron chi connectivity index (χ0n) is 15.9. The number of carbonyl (C=O) groups excluding carboxylic acids is 1. The monoisotopic (exact) mass is 386 g/mol. The Kier molecular flexibility index (Phi) is 7.39. The summed E-state index contributed by atoms with van der Waals surface area (Å²) >= 11 is 0. The van der Waals surface area contributed by atoms with E-state index in [0.29, 0.717) is 26.1 Å². The van der Waals surface area contributed by atoms with Crippen LogP contribution in [0, 0.1) is 5.82 Å². The molecule has 5 nitrogen and oxygen atoms in total. The molecular weight excluding hydrogens is 359 g/mol. The summed E-state index contributed by atoms with van der Waals surface area (Å²) in [7, 11) is 0. The first-order valence-corrected chi connectivity index (χ1v) is 9.72. The van der Waals surface area contributed by atoms with Crippen molar-refractivity contribution in [2.45, 2.75) is 38.0 Å². The largest absolute Gasteiger partial charge is 0.448 e. The standard InChI is InChI=1S/C16H22N2O3.C6H5F/c19-15-5-7-17-14(9-15)11-21-16(20)18-8-6-12-3-1-2-4-13(12)10-18;7-6-4-2-1-3-5-6/h1-4,14-15,17,19H,5-11H2;1-5H. The van der Waals surface area contributed by atoms with Crippen LogP contribution in [0.4, 0.5) is 9.18 Å². The van der Waals surface area contributed by atoms with Gasteiger partial charge in [-0.2, -0.15) is 0 Å². The number of nitrogens with one attached hydrogen (secondary N) is 1. The first-order valence-electron chi connectivity index (χ1n) is 9.72. The number of amides is 1. The smallest absolute Gasteiger partial charge is 0.410 e. The van der Waals surface area contributed by atoms with Crippen molar-refractivity contribution < 1.29 is 19.0 Å². The number of rotatable bonds is 2. The van der Waals surface area contributed by atoms with Crippen LogP contribution in [-0.2, 0) is 17.7 Å². The molecule has 4 rings (SSSR count). The maximum Gasteiger partial charge on any atom is 0.410 e. The van der Waals surface area contributed by atoms with Crippen LogP contribution in [0.5, 0.6) is 0 Å². The molecule has 2 aromatic rings. The van der Waals surface area contributed by atoms with Gasteiger partial charge in [0.2, 0.25) is 0 Å². The second-order valence-corrected chi connectivity index (χ2v) is 7.14. The fraction of sp³-hybridized carbons (Fsp3) is 0.409. The Morgan fingerprint density at radius 1 is 1.14 bits per heavy atom. The van der Waals surface area contributed by atoms with Gasteiger partial charge >= 0.3 is 6.09 Å². The molecule has 2 heterocycles. The number of ether oxygens (including phenoxy) is 1. The predicted molar refractivity (Wildman–Crippen MR) is 105 cm³/mol. The van der Waals surface area contributed by atoms with E-state index in [9.17, 15) is 14.3 Å². The highest BCUT2D eigenvalue weighted by molar-refractivity contribution is 5.68. The van der Waals surface area contributed by atoms with Gasteiger partial charge < -0.3 is 20.1 Å². The summed E-state index contributed by atoms with van der Waals surface area (Å²) in [5.41, 5.74) is 2.52. The van der Waals surface area contributed by atoms with Gasteiger partial charge in [-0.15, -0.1) is 0 Å². The fourth-order valence-electron chi connectivity index (χ4n) is 3.44. The highest BCUT2D eigenvalue weighted by Crippen LogP contribution is 2.19. The van der Waals surface area contributed by atoms with Crippen molar-refractivity contribution in [3.05, 3.63) is 71.5 Å². The van der Waals surface area contributed by atoms with Crippen LogP contribution >= 0.6 is 0 Å². The number of benzene rings is 2. The second kappa shape index (κ2) is 10.2. The summed E-state index contributed by atoms with van der Waals surface area (Å²) in [6.07, 6.45) is 1.76. The Bertz CT molecular complexity index is 756. The Hall–Kier alpha value is -2.44. The van der Waals surface area contributed by atoms with Gasteiger partial charge in [-0.05, 0) is 49.1 Å². The summed E-state index contributed by atoms with van der Waals surface area (Å²) in [6.45, 7) is 2.43. The van der Waals surface area contributed by atoms with Crippen LogP contribution in [-0.4, -0.2) is 47.9 Å². The Balaban J connectivity index is 0.000000271. The molecule has 0 saturated carbocycles. The molecule has 1 saturated heterocycles. The third-order valence-electron chi connectivity index (χ3n) is 5.00. The van der Waals surface area contributed by atoms with E-state index in [2.05, 4.69) is 17.4 Å². The van der Waals surface area contributed by atoms with Crippen molar-refractivity contribution in [3.63, 3.8) is 0 Å². The van der Waals surface area contributed by atoms with Gasteiger partial charge in [0.05, 0.1) is 6.10 Å². The Labute approximate surface area is 165 Å². The SMILES string of the molecule is Fc1ccccc1.O=C(OCC1CC(O)CCN1)N1CCc2ccccc2C1. The molecule has 0 bridgehead atoms. The number of halogens is 1. The lowest BCUT2D eigenvalue weighted by atomic mass is 10.0. The van der Waals surface area contributed by atoms with Crippen LogP contribution in [0.1, 0.15) is 24.0 Å². The van der Waals surface area contributed by atoms with E-state index in [4.69, 9.17) is 4.74 Å². The molecule has 2 aliphatic rings. The van der Waals surface area contributed by atoms with Gasteiger partial charge in [-0.1, -0.05) is 42.5 Å². The lowest BCUT2D eigenvalue weighted by Crippen LogP contribution is -2.45. The van der Waals surface area contributed by atoms with Crippen LogP contribution < -0.4 is 5.32 Å². The number of piperidine rings is 1. The third-order valence-corrected chi connectivity index (χ3v) is 5.00. The minimum atomic E-state index is -0.281. The first kappa shape index (κ1) is 20.3. The molecule has 1 amide bonds. The summed E-state index contributed by atoms with van der Waals surface area (Å²) in [4.78, 5) is 13.9. The van der Waals surface area contributed by atoms with E-state index in [1.807, 2.05) is 12.1 Å². The van der Waals surface area contributed by atoms with Gasteiger partial charge in [-0.25, -0.2) is 9.18 Å². The normalized spacial score (nSPS) is 21.1. The van der Waals surface area contributed by atoms with Crippen molar-refractivity contribution >= 4 is 6.09 Å². The maximum absolute atomic E-state index is 12.1. The molecule has 2 aliphatic heterocycles. The second-order valence-electron chi connectivity index (χ2n) is 7.14. The molecule has 2 aromatic carbocycles. The van der Waals surface area contributed by atoms with E-state index < -0.39 is 0 Å². The molecule has 150 valence electrons. The molecule has 6 heteroatoms. The number of hydrogen-bond donors (Lipinski definition) is 2. The number of aliphatic hydroxyl groups excluding tert-OH is 1. The van der Waals surface area contributed by atoms with Gasteiger partial charge in [0.25, 0.3) is 0 Å². The molecule has 2 atom stereocenters. The Morgan fingerprint density at radius 3 is 2.54 bits per heavy atom. The highest BCUT2D eigenvalue weighted by atomic mass is 19.1. The average molecular weight is 386 g/mol. The summed E-state index contributed by atoms with van der Waals surface area (Å²) in [5, 5.41) is 12.9. The van der Waals surface area contributed by atoms with Crippen LogP contribution in [0.3, 0.4) is 0 Å². The molecule has 28 heavy (non-hydrogen) atoms. The van der Waals surface area contributed by atoms with Crippen molar-refractivity contribution in [2.75, 3.05) is 19.7 Å². The highest BCUT2D eigenvalue weighted by Gasteiger charge is 2.24. The molecule has 1 fully saturated rings. The van der Waals surface area contributed by atoms with Gasteiger partial charge in [0.1, 0.15) is 12.4 Å². The zero-order valence-corrected chi connectivity index (χ0v) is 15.9. The lowest BCUT2D eigenvalue weighted by molar-refractivity contribution is 0.0624. The van der Waals surface area contributed by atoms with Crippen molar-refractivity contribution in [1.29, 1.82) is 0 Å². The molecule has 0 aromatic heterocycles. The Morgan fingerprint density at radius 2 is 1.86 bits per heavy atom. The molecule has 0 spiro atoms. The van der Waals surface area contributed by atoms with Crippen LogP contribution in [0.15, 0.2) is 54.6 Å². The van der Waals surface area contributed by atoms with E-state index in [1.54, 1.807) is 23.1 Å². The minimum Gasteiger partial charge on any atom is -0.448 e. The summed E-state index contributed by atoms with van der Waals surface area (Å²) < 4.78 is 17.3. The van der Waals surface area contributed by atoms with Crippen LogP contribution in [0.2, 0.25) is 0 Å². The molecule has 0 radical (unpaired) electrons. The topological polar surface area (TPSA) is 61.8 Å². The van der Waals surface area contributed by atoms with Gasteiger partial charge in [0, 0.05) is 19.1 Å². The first-order chi connectivity index (χ1) is 13.6. The zero-order chi connectivity index (χ0) is 19.8. The van der Waals surface area contributed by atoms with E-state index >= 15 is 0 Å². The molecule has 2 unspecified atom stereocenters.